The second kappa shape index (κ2) is 4.35. The number of nitrogens with zero attached hydrogens (tertiary/aromatic N) is 1. The second-order valence-corrected chi connectivity index (χ2v) is 5.71. The third-order valence-corrected chi connectivity index (χ3v) is 4.44. The Morgan fingerprint density at radius 3 is 3.06 bits per heavy atom. The van der Waals surface area contributed by atoms with Crippen LogP contribution < -0.4 is 10.2 Å². The number of nitrogens with one attached hydrogen (secondary N) is 1. The van der Waals surface area contributed by atoms with Crippen molar-refractivity contribution >= 4 is 23.4 Å². The third kappa shape index (κ3) is 1.85. The minimum Gasteiger partial charge on any atom is -0.310 e. The topological polar surface area (TPSA) is 32.3 Å². The van der Waals surface area contributed by atoms with Gasteiger partial charge in [-0.3, -0.25) is 10.1 Å². The first-order chi connectivity index (χ1) is 8.27. The molecular weight excluding hydrogens is 232 g/mol. The molecule has 3 nitrogen and oxygen atoms in total. The molecule has 0 bridgehead atoms. The van der Waals surface area contributed by atoms with Crippen LogP contribution in [0.1, 0.15) is 18.4 Å². The Morgan fingerprint density at radius 2 is 2.29 bits per heavy atom. The van der Waals surface area contributed by atoms with Crippen LogP contribution in [0.5, 0.6) is 0 Å². The van der Waals surface area contributed by atoms with Crippen molar-refractivity contribution in [3.05, 3.63) is 29.8 Å². The number of benzene rings is 1. The van der Waals surface area contributed by atoms with Crippen molar-refractivity contribution in [3.8, 4) is 0 Å². The molecule has 0 radical (unpaired) electrons. The van der Waals surface area contributed by atoms with Gasteiger partial charge in [0.15, 0.2) is 0 Å². The first kappa shape index (κ1) is 11.1. The maximum Gasteiger partial charge on any atom is 0.245 e. The van der Waals surface area contributed by atoms with Gasteiger partial charge in [-0.1, -0.05) is 25.1 Å². The Labute approximate surface area is 106 Å². The van der Waals surface area contributed by atoms with Crippen LogP contribution in [0.2, 0.25) is 0 Å². The molecule has 2 aliphatic heterocycles. The number of carbonyl (C=O) groups is 1. The molecule has 1 aromatic rings. The van der Waals surface area contributed by atoms with E-state index in [1.165, 1.54) is 5.56 Å². The SMILES string of the molecule is C[C@H]1CN(C(=O)[C@@H]2CSCN2)c2ccccc21. The molecule has 1 fully saturated rings. The highest BCUT2D eigenvalue weighted by atomic mass is 32.2. The summed E-state index contributed by atoms with van der Waals surface area (Å²) < 4.78 is 0. The van der Waals surface area contributed by atoms with E-state index in [0.29, 0.717) is 5.92 Å². The van der Waals surface area contributed by atoms with E-state index in [1.807, 2.05) is 17.0 Å². The second-order valence-electron chi connectivity index (χ2n) is 4.68. The Bertz CT molecular complexity index is 443. The van der Waals surface area contributed by atoms with Crippen LogP contribution in [0.25, 0.3) is 0 Å². The Kier molecular flexibility index (Phi) is 2.84. The lowest BCUT2D eigenvalue weighted by Gasteiger charge is -2.21. The predicted octanol–water partition coefficient (Wildman–Crippen LogP) is 1.80. The summed E-state index contributed by atoms with van der Waals surface area (Å²) in [4.78, 5) is 14.4. The standard InChI is InChI=1S/C13H16N2OS/c1-9-6-15(12-5-3-2-4-10(9)12)13(16)11-7-17-8-14-11/h2-5,9,11,14H,6-8H2,1H3/t9-,11-/m0/s1. The zero-order valence-electron chi connectivity index (χ0n) is 9.85. The monoisotopic (exact) mass is 248 g/mol. The van der Waals surface area contributed by atoms with Crippen molar-refractivity contribution in [2.75, 3.05) is 23.1 Å². The van der Waals surface area contributed by atoms with E-state index in [4.69, 9.17) is 0 Å². The van der Waals surface area contributed by atoms with E-state index in [0.717, 1.165) is 23.9 Å². The van der Waals surface area contributed by atoms with E-state index in [2.05, 4.69) is 24.4 Å². The number of para-hydroxylation sites is 1. The molecule has 1 amide bonds. The molecule has 1 saturated heterocycles. The van der Waals surface area contributed by atoms with Crippen LogP contribution in [-0.2, 0) is 4.79 Å². The maximum absolute atomic E-state index is 12.4. The summed E-state index contributed by atoms with van der Waals surface area (Å²) in [6, 6.07) is 8.24. The molecule has 2 aliphatic rings. The summed E-state index contributed by atoms with van der Waals surface area (Å²) in [7, 11) is 0. The number of amides is 1. The molecule has 17 heavy (non-hydrogen) atoms. The highest BCUT2D eigenvalue weighted by molar-refractivity contribution is 7.99. The molecule has 4 heteroatoms. The highest BCUT2D eigenvalue weighted by Crippen LogP contribution is 2.36. The first-order valence-corrected chi connectivity index (χ1v) is 7.14. The van der Waals surface area contributed by atoms with Gasteiger partial charge < -0.3 is 4.90 Å². The number of rotatable bonds is 1. The lowest BCUT2D eigenvalue weighted by Crippen LogP contribution is -2.44. The summed E-state index contributed by atoms with van der Waals surface area (Å²) in [5.41, 5.74) is 2.40. The Balaban J connectivity index is 1.88. The average Bonchev–Trinajstić information content (AvgIpc) is 2.97. The molecule has 3 rings (SSSR count). The summed E-state index contributed by atoms with van der Waals surface area (Å²) in [5.74, 6) is 2.46. The normalized spacial score (nSPS) is 27.2. The zero-order valence-corrected chi connectivity index (χ0v) is 10.7. The molecule has 0 spiro atoms. The van der Waals surface area contributed by atoms with Crippen molar-refractivity contribution in [3.63, 3.8) is 0 Å². The summed E-state index contributed by atoms with van der Waals surface area (Å²) >= 11 is 1.79. The van der Waals surface area contributed by atoms with Crippen molar-refractivity contribution in [1.29, 1.82) is 0 Å². The van der Waals surface area contributed by atoms with E-state index in [1.54, 1.807) is 11.8 Å². The molecule has 0 saturated carbocycles. The predicted molar refractivity (Wildman–Crippen MR) is 71.5 cm³/mol. The molecule has 2 atom stereocenters. The van der Waals surface area contributed by atoms with Gasteiger partial charge in [-0.15, -0.1) is 11.8 Å². The number of hydrogen-bond acceptors (Lipinski definition) is 3. The average molecular weight is 248 g/mol. The number of carbonyl (C=O) groups excluding carboxylic acids is 1. The zero-order chi connectivity index (χ0) is 11.8. The van der Waals surface area contributed by atoms with Crippen LogP contribution in [-0.4, -0.2) is 30.1 Å². The summed E-state index contributed by atoms with van der Waals surface area (Å²) in [6.45, 7) is 3.00. The number of anilines is 1. The van der Waals surface area contributed by atoms with E-state index in [9.17, 15) is 4.79 Å². The lowest BCUT2D eigenvalue weighted by molar-refractivity contribution is -0.119. The van der Waals surface area contributed by atoms with Crippen LogP contribution in [0, 0.1) is 0 Å². The molecule has 0 aliphatic carbocycles. The van der Waals surface area contributed by atoms with E-state index < -0.39 is 0 Å². The smallest absolute Gasteiger partial charge is 0.245 e. The molecule has 90 valence electrons. The quantitative estimate of drug-likeness (QED) is 0.822. The van der Waals surface area contributed by atoms with Crippen LogP contribution >= 0.6 is 11.8 Å². The number of fused-ring (bicyclic) bond motifs is 1. The van der Waals surface area contributed by atoms with Gasteiger partial charge in [-0.2, -0.15) is 0 Å². The molecule has 2 heterocycles. The van der Waals surface area contributed by atoms with Gasteiger partial charge in [0, 0.05) is 29.8 Å². The van der Waals surface area contributed by atoms with Gasteiger partial charge in [0.05, 0.1) is 6.04 Å². The maximum atomic E-state index is 12.4. The van der Waals surface area contributed by atoms with Gasteiger partial charge in [0.2, 0.25) is 5.91 Å². The lowest BCUT2D eigenvalue weighted by atomic mass is 10.0. The number of thioether (sulfide) groups is 1. The number of hydrogen-bond donors (Lipinski definition) is 1. The first-order valence-electron chi connectivity index (χ1n) is 5.99. The largest absolute Gasteiger partial charge is 0.310 e. The molecule has 1 N–H and O–H groups in total. The van der Waals surface area contributed by atoms with E-state index >= 15 is 0 Å². The van der Waals surface area contributed by atoms with Crippen LogP contribution in [0.3, 0.4) is 0 Å². The van der Waals surface area contributed by atoms with Crippen LogP contribution in [0.4, 0.5) is 5.69 Å². The fraction of sp³-hybridized carbons (Fsp3) is 0.462. The molecular formula is C13H16N2OS. The fourth-order valence-corrected chi connectivity index (χ4v) is 3.50. The van der Waals surface area contributed by atoms with E-state index in [-0.39, 0.29) is 11.9 Å². The minimum atomic E-state index is -0.00152. The van der Waals surface area contributed by atoms with Crippen molar-refractivity contribution in [1.82, 2.24) is 5.32 Å². The third-order valence-electron chi connectivity index (χ3n) is 3.50. The van der Waals surface area contributed by atoms with Crippen LogP contribution in [0.15, 0.2) is 24.3 Å². The van der Waals surface area contributed by atoms with Gasteiger partial charge in [0.25, 0.3) is 0 Å². The molecule has 0 unspecified atom stereocenters. The van der Waals surface area contributed by atoms with Gasteiger partial charge >= 0.3 is 0 Å². The highest BCUT2D eigenvalue weighted by Gasteiger charge is 2.34. The van der Waals surface area contributed by atoms with Crippen molar-refractivity contribution in [2.24, 2.45) is 0 Å². The van der Waals surface area contributed by atoms with Gasteiger partial charge in [0.1, 0.15) is 0 Å². The minimum absolute atomic E-state index is 0.00152. The Morgan fingerprint density at radius 1 is 1.47 bits per heavy atom. The Hall–Kier alpha value is -1.00. The van der Waals surface area contributed by atoms with Crippen molar-refractivity contribution < 1.29 is 4.79 Å². The van der Waals surface area contributed by atoms with Gasteiger partial charge in [-0.05, 0) is 11.6 Å². The molecule has 0 aromatic heterocycles. The summed E-state index contributed by atoms with van der Waals surface area (Å²) in [6.07, 6.45) is 0. The summed E-state index contributed by atoms with van der Waals surface area (Å²) in [5, 5.41) is 3.25. The van der Waals surface area contributed by atoms with Crippen molar-refractivity contribution in [2.45, 2.75) is 18.9 Å². The molecule has 1 aromatic carbocycles. The fourth-order valence-electron chi connectivity index (χ4n) is 2.57. The van der Waals surface area contributed by atoms with Gasteiger partial charge in [-0.25, -0.2) is 0 Å².